The number of hydrogen-bond acceptors (Lipinski definition) is 4. The summed E-state index contributed by atoms with van der Waals surface area (Å²) in [7, 11) is 3.24. The zero-order valence-corrected chi connectivity index (χ0v) is 16.3. The van der Waals surface area contributed by atoms with Crippen LogP contribution in [0.2, 0.25) is 0 Å². The van der Waals surface area contributed by atoms with Crippen LogP contribution in [0.5, 0.6) is 5.75 Å². The number of methoxy groups -OCH3 is 1. The van der Waals surface area contributed by atoms with E-state index < -0.39 is 5.76 Å². The molecule has 150 valence electrons. The Balaban J connectivity index is 1.86. The average Bonchev–Trinajstić information content (AvgIpc) is 2.62. The number of likely N-dealkylation sites (N-methyl/N-ethyl adjacent to an activating group) is 1. The topological polar surface area (TPSA) is 71.9 Å². The van der Waals surface area contributed by atoms with Crippen molar-refractivity contribution >= 4 is 35.0 Å². The van der Waals surface area contributed by atoms with Gasteiger partial charge in [0.15, 0.2) is 13.1 Å². The number of hydrogen-bond donors (Lipinski definition) is 3. The highest BCUT2D eigenvalue weighted by Gasteiger charge is 2.17. The highest BCUT2D eigenvalue weighted by atomic mass is 32.2. The molecule has 0 heterocycles. The molecule has 0 aliphatic rings. The summed E-state index contributed by atoms with van der Waals surface area (Å²) < 4.78 is 30.3. The number of halogens is 2. The number of quaternary nitrogens is 1. The zero-order chi connectivity index (χ0) is 20.5. The zero-order valence-electron chi connectivity index (χ0n) is 15.5. The third-order valence-electron chi connectivity index (χ3n) is 3.66. The number of anilines is 2. The maximum atomic E-state index is 12.6. The molecule has 0 aromatic heterocycles. The Morgan fingerprint density at radius 2 is 1.75 bits per heavy atom. The summed E-state index contributed by atoms with van der Waals surface area (Å²) in [6.45, 7) is 0.0806. The van der Waals surface area contributed by atoms with Crippen molar-refractivity contribution in [3.8, 4) is 5.75 Å². The van der Waals surface area contributed by atoms with Crippen LogP contribution in [-0.4, -0.2) is 44.8 Å². The minimum Gasteiger partial charge on any atom is -0.497 e. The lowest BCUT2D eigenvalue weighted by Gasteiger charge is -2.15. The predicted octanol–water partition coefficient (Wildman–Crippen LogP) is 2.10. The van der Waals surface area contributed by atoms with E-state index in [1.165, 1.54) is 13.2 Å². The fraction of sp³-hybridized carbons (Fsp3) is 0.263. The van der Waals surface area contributed by atoms with E-state index in [4.69, 9.17) is 4.74 Å². The number of nitrogens with one attached hydrogen (secondary N) is 3. The van der Waals surface area contributed by atoms with Gasteiger partial charge in [-0.25, -0.2) is 0 Å². The van der Waals surface area contributed by atoms with Crippen molar-refractivity contribution in [1.29, 1.82) is 0 Å². The Hall–Kier alpha value is -2.65. The van der Waals surface area contributed by atoms with Crippen LogP contribution >= 0.6 is 11.8 Å². The standard InChI is InChI=1S/C19H21F2N3O3S/c1-24(11-17(25)22-13-6-5-7-14(10-13)27-2)12-18(26)23-15-8-3-4-9-16(15)28-19(20)21/h3-10,19H,11-12H2,1-2H3,(H,22,25)(H,23,26)/p+1. The number of rotatable bonds is 9. The molecule has 0 aliphatic carbocycles. The fourth-order valence-electron chi connectivity index (χ4n) is 2.48. The number of para-hydroxylation sites is 1. The second kappa shape index (κ2) is 10.6. The van der Waals surface area contributed by atoms with Crippen LogP contribution in [0.25, 0.3) is 0 Å². The Bertz CT molecular complexity index is 821. The third kappa shape index (κ3) is 7.16. The smallest absolute Gasteiger partial charge is 0.288 e. The van der Waals surface area contributed by atoms with Gasteiger partial charge in [0.2, 0.25) is 0 Å². The van der Waals surface area contributed by atoms with Gasteiger partial charge in [-0.3, -0.25) is 9.59 Å². The Morgan fingerprint density at radius 3 is 2.43 bits per heavy atom. The van der Waals surface area contributed by atoms with Crippen LogP contribution in [0, 0.1) is 0 Å². The first-order chi connectivity index (χ1) is 13.4. The Labute approximate surface area is 166 Å². The molecule has 2 rings (SSSR count). The minimum atomic E-state index is -2.58. The van der Waals surface area contributed by atoms with E-state index in [2.05, 4.69) is 10.6 Å². The summed E-state index contributed by atoms with van der Waals surface area (Å²) in [6, 6.07) is 13.3. The van der Waals surface area contributed by atoms with E-state index in [0.717, 1.165) is 0 Å². The molecule has 6 nitrogen and oxygen atoms in total. The molecule has 2 aromatic rings. The van der Waals surface area contributed by atoms with Gasteiger partial charge in [-0.1, -0.05) is 30.0 Å². The third-order valence-corrected chi connectivity index (χ3v) is 4.44. The molecule has 0 spiro atoms. The monoisotopic (exact) mass is 410 g/mol. The minimum absolute atomic E-state index is 0.0131. The normalized spacial score (nSPS) is 11.8. The first kappa shape index (κ1) is 21.6. The fourth-order valence-corrected chi connectivity index (χ4v) is 3.07. The van der Waals surface area contributed by atoms with E-state index in [-0.39, 0.29) is 24.9 Å². The van der Waals surface area contributed by atoms with Gasteiger partial charge < -0.3 is 20.3 Å². The first-order valence-electron chi connectivity index (χ1n) is 8.46. The van der Waals surface area contributed by atoms with Crippen molar-refractivity contribution in [2.45, 2.75) is 10.7 Å². The predicted molar refractivity (Wildman–Crippen MR) is 105 cm³/mol. The number of carbonyl (C=O) groups excluding carboxylic acids is 2. The number of thioether (sulfide) groups is 1. The molecule has 1 atom stereocenters. The van der Waals surface area contributed by atoms with Crippen LogP contribution in [0.4, 0.5) is 20.2 Å². The van der Waals surface area contributed by atoms with E-state index in [0.29, 0.717) is 38.7 Å². The molecule has 0 aliphatic heterocycles. The van der Waals surface area contributed by atoms with Crippen LogP contribution in [0.1, 0.15) is 0 Å². The lowest BCUT2D eigenvalue weighted by Crippen LogP contribution is -3.11. The molecule has 2 amide bonds. The van der Waals surface area contributed by atoms with Crippen molar-refractivity contribution in [1.82, 2.24) is 0 Å². The van der Waals surface area contributed by atoms with Crippen molar-refractivity contribution in [2.75, 3.05) is 37.9 Å². The van der Waals surface area contributed by atoms with Gasteiger partial charge >= 0.3 is 0 Å². The summed E-state index contributed by atoms with van der Waals surface area (Å²) in [6.07, 6.45) is 0. The number of carbonyl (C=O) groups is 2. The molecule has 0 saturated carbocycles. The van der Waals surface area contributed by atoms with Crippen molar-refractivity contribution in [2.24, 2.45) is 0 Å². The molecule has 0 radical (unpaired) electrons. The lowest BCUT2D eigenvalue weighted by molar-refractivity contribution is -0.862. The SMILES string of the molecule is COc1cccc(NC(=O)C[NH+](C)CC(=O)Nc2ccccc2SC(F)F)c1. The van der Waals surface area contributed by atoms with Gasteiger partial charge in [-0.2, -0.15) is 8.78 Å². The molecule has 0 saturated heterocycles. The van der Waals surface area contributed by atoms with Crippen LogP contribution in [-0.2, 0) is 9.59 Å². The molecule has 0 bridgehead atoms. The van der Waals surface area contributed by atoms with Crippen LogP contribution in [0.15, 0.2) is 53.4 Å². The second-order valence-electron chi connectivity index (χ2n) is 6.01. The number of ether oxygens (including phenoxy) is 1. The van der Waals surface area contributed by atoms with Crippen molar-refractivity contribution in [3.05, 3.63) is 48.5 Å². The van der Waals surface area contributed by atoms with E-state index in [1.807, 2.05) is 0 Å². The van der Waals surface area contributed by atoms with E-state index in [9.17, 15) is 18.4 Å². The van der Waals surface area contributed by atoms with Crippen molar-refractivity contribution < 1.29 is 28.0 Å². The quantitative estimate of drug-likeness (QED) is 0.554. The molecule has 2 aromatic carbocycles. The summed E-state index contributed by atoms with van der Waals surface area (Å²) in [5.74, 6) is -2.58. The van der Waals surface area contributed by atoms with Gasteiger partial charge in [0, 0.05) is 16.6 Å². The summed E-state index contributed by atoms with van der Waals surface area (Å²) in [5, 5.41) is 5.37. The van der Waals surface area contributed by atoms with Gasteiger partial charge in [0.05, 0.1) is 19.8 Å². The van der Waals surface area contributed by atoms with E-state index in [1.54, 1.807) is 49.5 Å². The summed E-state index contributed by atoms with van der Waals surface area (Å²) in [4.78, 5) is 25.3. The lowest BCUT2D eigenvalue weighted by atomic mass is 10.3. The molecule has 1 unspecified atom stereocenters. The number of alkyl halides is 2. The second-order valence-corrected chi connectivity index (χ2v) is 7.05. The highest BCUT2D eigenvalue weighted by molar-refractivity contribution is 7.99. The van der Waals surface area contributed by atoms with Crippen LogP contribution < -0.4 is 20.3 Å². The Morgan fingerprint density at radius 1 is 1.07 bits per heavy atom. The van der Waals surface area contributed by atoms with Crippen LogP contribution in [0.3, 0.4) is 0 Å². The van der Waals surface area contributed by atoms with Crippen molar-refractivity contribution in [3.63, 3.8) is 0 Å². The number of amides is 2. The summed E-state index contributed by atoms with van der Waals surface area (Å²) in [5.41, 5.74) is 0.922. The van der Waals surface area contributed by atoms with E-state index >= 15 is 0 Å². The van der Waals surface area contributed by atoms with Gasteiger partial charge in [-0.05, 0) is 24.3 Å². The molecule has 3 N–H and O–H groups in total. The summed E-state index contributed by atoms with van der Waals surface area (Å²) >= 11 is 0.372. The highest BCUT2D eigenvalue weighted by Crippen LogP contribution is 2.31. The Kier molecular flexibility index (Phi) is 8.21. The van der Waals surface area contributed by atoms with Gasteiger partial charge in [0.1, 0.15) is 5.75 Å². The largest absolute Gasteiger partial charge is 0.497 e. The molecule has 28 heavy (non-hydrogen) atoms. The molecular weight excluding hydrogens is 388 g/mol. The number of benzene rings is 2. The maximum absolute atomic E-state index is 12.6. The first-order valence-corrected chi connectivity index (χ1v) is 9.34. The molecular formula is C19H22F2N3O3S+. The van der Waals surface area contributed by atoms with Gasteiger partial charge in [-0.15, -0.1) is 0 Å². The molecule has 0 fully saturated rings. The maximum Gasteiger partial charge on any atom is 0.288 e. The van der Waals surface area contributed by atoms with Gasteiger partial charge in [0.25, 0.3) is 17.6 Å². The molecule has 9 heteroatoms. The average molecular weight is 410 g/mol.